The van der Waals surface area contributed by atoms with Gasteiger partial charge in [0.25, 0.3) is 0 Å². The van der Waals surface area contributed by atoms with E-state index >= 15 is 0 Å². The van der Waals surface area contributed by atoms with Crippen LogP contribution in [0.15, 0.2) is 18.2 Å². The molecule has 1 aromatic heterocycles. The van der Waals surface area contributed by atoms with Gasteiger partial charge in [-0.2, -0.15) is 0 Å². The lowest BCUT2D eigenvalue weighted by Crippen LogP contribution is -2.14. The third-order valence-electron chi connectivity index (χ3n) is 3.75. The van der Waals surface area contributed by atoms with Gasteiger partial charge in [-0.15, -0.1) is 0 Å². The number of methoxy groups -OCH3 is 1. The topological polar surface area (TPSA) is 85.5 Å². The Morgan fingerprint density at radius 1 is 1.21 bits per heavy atom. The van der Waals surface area contributed by atoms with Crippen LogP contribution in [0.5, 0.6) is 11.5 Å². The zero-order chi connectivity index (χ0) is 17.9. The first-order valence-electron chi connectivity index (χ1n) is 7.38. The summed E-state index contributed by atoms with van der Waals surface area (Å²) in [6.45, 7) is 4.73. The van der Waals surface area contributed by atoms with Crippen LogP contribution in [0.1, 0.15) is 49.4 Å². The molecule has 1 aromatic carbocycles. The molecule has 0 aliphatic heterocycles. The molecule has 0 saturated heterocycles. The summed E-state index contributed by atoms with van der Waals surface area (Å²) < 4.78 is 10.7. The van der Waals surface area contributed by atoms with Gasteiger partial charge in [-0.3, -0.25) is 14.4 Å². The second kappa shape index (κ2) is 7.12. The zero-order valence-electron chi connectivity index (χ0n) is 14.1. The normalized spacial score (nSPS) is 10.3. The number of Topliss-reactive ketones (excluding diaryl/α,β-unsaturated/α-hetero) is 2. The van der Waals surface area contributed by atoms with E-state index in [2.05, 4.69) is 4.98 Å². The molecule has 0 saturated carbocycles. The first kappa shape index (κ1) is 17.5. The van der Waals surface area contributed by atoms with Crippen LogP contribution in [0.4, 0.5) is 0 Å². The summed E-state index contributed by atoms with van der Waals surface area (Å²) in [5.74, 6) is 0.373. The molecule has 0 unspecified atom stereocenters. The fourth-order valence-electron chi connectivity index (χ4n) is 2.65. The monoisotopic (exact) mass is 329 g/mol. The molecule has 0 amide bonds. The average molecular weight is 329 g/mol. The first-order valence-corrected chi connectivity index (χ1v) is 7.38. The van der Waals surface area contributed by atoms with Gasteiger partial charge in [0.2, 0.25) is 5.78 Å². The van der Waals surface area contributed by atoms with Crippen LogP contribution in [0.25, 0.3) is 0 Å². The van der Waals surface area contributed by atoms with Crippen molar-refractivity contribution in [2.45, 2.75) is 20.8 Å². The number of benzene rings is 1. The van der Waals surface area contributed by atoms with E-state index < -0.39 is 0 Å². The van der Waals surface area contributed by atoms with E-state index in [-0.39, 0.29) is 18.2 Å². The van der Waals surface area contributed by atoms with E-state index in [1.165, 1.54) is 20.1 Å². The maximum absolute atomic E-state index is 12.4. The summed E-state index contributed by atoms with van der Waals surface area (Å²) in [6, 6.07) is 4.68. The lowest BCUT2D eigenvalue weighted by molar-refractivity contribution is 0.0913. The molecule has 0 aliphatic rings. The van der Waals surface area contributed by atoms with Crippen LogP contribution in [0, 0.1) is 13.8 Å². The molecule has 126 valence electrons. The number of hydrogen-bond donors (Lipinski definition) is 1. The summed E-state index contributed by atoms with van der Waals surface area (Å²) in [5.41, 5.74) is 2.63. The van der Waals surface area contributed by atoms with Crippen LogP contribution < -0.4 is 9.47 Å². The van der Waals surface area contributed by atoms with Crippen LogP contribution >= 0.6 is 0 Å². The minimum atomic E-state index is -0.274. The maximum Gasteiger partial charge on any atom is 0.216 e. The zero-order valence-corrected chi connectivity index (χ0v) is 14.1. The lowest BCUT2D eigenvalue weighted by Gasteiger charge is -2.10. The number of H-pyrrole nitrogens is 1. The van der Waals surface area contributed by atoms with Gasteiger partial charge in [-0.05, 0) is 44.5 Å². The lowest BCUT2D eigenvalue weighted by atomic mass is 10.1. The van der Waals surface area contributed by atoms with Crippen LogP contribution in [-0.2, 0) is 0 Å². The summed E-state index contributed by atoms with van der Waals surface area (Å²) >= 11 is 0. The summed E-state index contributed by atoms with van der Waals surface area (Å²) in [6.07, 6.45) is 0.700. The molecule has 0 radical (unpaired) electrons. The van der Waals surface area contributed by atoms with E-state index in [1.807, 2.05) is 0 Å². The fourth-order valence-corrected chi connectivity index (χ4v) is 2.65. The van der Waals surface area contributed by atoms with Crippen molar-refractivity contribution >= 4 is 17.9 Å². The van der Waals surface area contributed by atoms with Gasteiger partial charge in [0, 0.05) is 16.8 Å². The number of ketones is 2. The Labute approximate surface area is 139 Å². The van der Waals surface area contributed by atoms with Gasteiger partial charge in [-0.1, -0.05) is 0 Å². The second-order valence-electron chi connectivity index (χ2n) is 5.42. The molecular weight excluding hydrogens is 310 g/mol. The van der Waals surface area contributed by atoms with Crippen molar-refractivity contribution in [2.75, 3.05) is 13.7 Å². The number of hydrogen-bond acceptors (Lipinski definition) is 5. The minimum Gasteiger partial charge on any atom is -0.493 e. The number of carbonyl (C=O) groups excluding carboxylic acids is 3. The Morgan fingerprint density at radius 2 is 1.92 bits per heavy atom. The maximum atomic E-state index is 12.4. The number of nitrogens with one attached hydrogen (secondary N) is 1. The van der Waals surface area contributed by atoms with Crippen LogP contribution in [-0.4, -0.2) is 36.6 Å². The number of aryl methyl sites for hydroxylation is 1. The molecule has 0 spiro atoms. The van der Waals surface area contributed by atoms with Gasteiger partial charge in [0.1, 0.15) is 6.29 Å². The van der Waals surface area contributed by atoms with Crippen LogP contribution in [0.3, 0.4) is 0 Å². The van der Waals surface area contributed by atoms with Gasteiger partial charge in [-0.25, -0.2) is 0 Å². The van der Waals surface area contributed by atoms with Crippen molar-refractivity contribution < 1.29 is 23.9 Å². The van der Waals surface area contributed by atoms with Gasteiger partial charge < -0.3 is 14.5 Å². The van der Waals surface area contributed by atoms with E-state index in [1.54, 1.807) is 26.0 Å². The molecular formula is C18H19NO5. The smallest absolute Gasteiger partial charge is 0.216 e. The standard InChI is InChI=1S/C18H19NO5/c1-10-17(12(3)21)11(2)19-18(10)14(22)9-24-15-6-5-13(8-20)7-16(15)23-4/h5-8,19H,9H2,1-4H3. The third kappa shape index (κ3) is 3.37. The highest BCUT2D eigenvalue weighted by Gasteiger charge is 2.20. The Balaban J connectivity index is 2.19. The summed E-state index contributed by atoms with van der Waals surface area (Å²) in [4.78, 5) is 37.8. The number of aromatic amines is 1. The number of ether oxygens (including phenoxy) is 2. The van der Waals surface area contributed by atoms with Crippen molar-refractivity contribution in [1.82, 2.24) is 4.98 Å². The molecule has 24 heavy (non-hydrogen) atoms. The second-order valence-corrected chi connectivity index (χ2v) is 5.42. The van der Waals surface area contributed by atoms with Crippen LogP contribution in [0.2, 0.25) is 0 Å². The fraction of sp³-hybridized carbons (Fsp3) is 0.278. The predicted octanol–water partition coefficient (Wildman–Crippen LogP) is 2.92. The number of aromatic nitrogens is 1. The quantitative estimate of drug-likeness (QED) is 0.623. The van der Waals surface area contributed by atoms with Crippen molar-refractivity contribution in [3.63, 3.8) is 0 Å². The van der Waals surface area contributed by atoms with Gasteiger partial charge >= 0.3 is 0 Å². The molecule has 1 N–H and O–H groups in total. The molecule has 1 heterocycles. The van der Waals surface area contributed by atoms with Gasteiger partial charge in [0.05, 0.1) is 12.8 Å². The molecule has 6 heteroatoms. The van der Waals surface area contributed by atoms with E-state index in [4.69, 9.17) is 9.47 Å². The summed E-state index contributed by atoms with van der Waals surface area (Å²) in [5, 5.41) is 0. The number of aldehydes is 1. The van der Waals surface area contributed by atoms with E-state index in [9.17, 15) is 14.4 Å². The summed E-state index contributed by atoms with van der Waals surface area (Å²) in [7, 11) is 1.45. The van der Waals surface area contributed by atoms with E-state index in [0.29, 0.717) is 45.9 Å². The highest BCUT2D eigenvalue weighted by molar-refractivity contribution is 6.03. The molecule has 6 nitrogen and oxygen atoms in total. The molecule has 2 aromatic rings. The van der Waals surface area contributed by atoms with Gasteiger partial charge in [0.15, 0.2) is 23.9 Å². The Hall–Kier alpha value is -2.89. The highest BCUT2D eigenvalue weighted by Crippen LogP contribution is 2.28. The Kier molecular flexibility index (Phi) is 5.18. The van der Waals surface area contributed by atoms with Crippen molar-refractivity contribution in [2.24, 2.45) is 0 Å². The highest BCUT2D eigenvalue weighted by atomic mass is 16.5. The molecule has 2 rings (SSSR count). The molecule has 0 fully saturated rings. The predicted molar refractivity (Wildman–Crippen MR) is 88.5 cm³/mol. The number of carbonyl (C=O) groups is 3. The van der Waals surface area contributed by atoms with Crippen molar-refractivity contribution in [3.8, 4) is 11.5 Å². The molecule has 0 bridgehead atoms. The largest absolute Gasteiger partial charge is 0.493 e. The SMILES string of the molecule is COc1cc(C=O)ccc1OCC(=O)c1[nH]c(C)c(C(C)=O)c1C. The average Bonchev–Trinajstić information content (AvgIpc) is 2.87. The molecule has 0 aliphatic carbocycles. The van der Waals surface area contributed by atoms with Crippen molar-refractivity contribution in [1.29, 1.82) is 0 Å². The Bertz CT molecular complexity index is 804. The third-order valence-corrected chi connectivity index (χ3v) is 3.75. The Morgan fingerprint density at radius 3 is 2.46 bits per heavy atom. The molecule has 0 atom stereocenters. The minimum absolute atomic E-state index is 0.0904. The van der Waals surface area contributed by atoms with E-state index in [0.717, 1.165) is 0 Å². The number of rotatable bonds is 7. The van der Waals surface area contributed by atoms with Crippen molar-refractivity contribution in [3.05, 3.63) is 46.3 Å². The first-order chi connectivity index (χ1) is 11.4.